The molecule has 2 aromatic rings. The average Bonchev–Trinajstić information content (AvgIpc) is 2.61. The Bertz CT molecular complexity index is 705. The molecule has 0 spiro atoms. The third-order valence-electron chi connectivity index (χ3n) is 3.70. The Labute approximate surface area is 166 Å². The Hall–Kier alpha value is -1.96. The number of rotatable bonds is 6. The van der Waals surface area contributed by atoms with Crippen molar-refractivity contribution in [3.63, 3.8) is 0 Å². The van der Waals surface area contributed by atoms with Gasteiger partial charge in [-0.2, -0.15) is 0 Å². The Morgan fingerprint density at radius 2 is 1.72 bits per heavy atom. The summed E-state index contributed by atoms with van der Waals surface area (Å²) in [5.74, 6) is 2.20. The second-order valence-corrected chi connectivity index (χ2v) is 5.42. The van der Waals surface area contributed by atoms with Crippen molar-refractivity contribution < 1.29 is 9.47 Å². The molecule has 0 aliphatic heterocycles. The zero-order chi connectivity index (χ0) is 17.4. The second kappa shape index (κ2) is 10.8. The molecule has 2 aromatic carbocycles. The quantitative estimate of drug-likeness (QED) is 0.398. The number of benzene rings is 2. The van der Waals surface area contributed by atoms with Gasteiger partial charge in [0.1, 0.15) is 0 Å². The monoisotopic (exact) mass is 455 g/mol. The van der Waals surface area contributed by atoms with Crippen LogP contribution in [0.25, 0.3) is 0 Å². The number of aryl methyl sites for hydroxylation is 1. The summed E-state index contributed by atoms with van der Waals surface area (Å²) in [5.41, 5.74) is 3.48. The molecule has 25 heavy (non-hydrogen) atoms. The number of nitrogens with zero attached hydrogens (tertiary/aromatic N) is 1. The van der Waals surface area contributed by atoms with E-state index in [2.05, 4.69) is 46.8 Å². The minimum absolute atomic E-state index is 0. The van der Waals surface area contributed by atoms with Gasteiger partial charge in [-0.05, 0) is 18.6 Å². The molecule has 0 aromatic heterocycles. The lowest BCUT2D eigenvalue weighted by atomic mass is 10.1. The van der Waals surface area contributed by atoms with Crippen LogP contribution in [0.2, 0.25) is 0 Å². The molecule has 136 valence electrons. The van der Waals surface area contributed by atoms with Gasteiger partial charge in [0.25, 0.3) is 0 Å². The van der Waals surface area contributed by atoms with Gasteiger partial charge in [0.15, 0.2) is 17.5 Å². The van der Waals surface area contributed by atoms with Gasteiger partial charge in [-0.3, -0.25) is 4.99 Å². The van der Waals surface area contributed by atoms with Crippen LogP contribution in [-0.2, 0) is 13.1 Å². The number of aliphatic imine (C=N–C) groups is 1. The molecular weight excluding hydrogens is 429 g/mol. The number of halogens is 1. The number of guanidine groups is 1. The third-order valence-corrected chi connectivity index (χ3v) is 3.70. The predicted octanol–water partition coefficient (Wildman–Crippen LogP) is 3.50. The first-order chi connectivity index (χ1) is 11.7. The van der Waals surface area contributed by atoms with Gasteiger partial charge in [0, 0.05) is 25.7 Å². The van der Waals surface area contributed by atoms with Crippen LogP contribution in [-0.4, -0.2) is 27.2 Å². The summed E-state index contributed by atoms with van der Waals surface area (Å²) in [6.07, 6.45) is 0. The first-order valence-corrected chi connectivity index (χ1v) is 7.88. The minimum Gasteiger partial charge on any atom is -0.493 e. The van der Waals surface area contributed by atoms with E-state index in [0.29, 0.717) is 6.54 Å². The highest BCUT2D eigenvalue weighted by molar-refractivity contribution is 14.0. The fourth-order valence-corrected chi connectivity index (χ4v) is 2.50. The lowest BCUT2D eigenvalue weighted by Crippen LogP contribution is -2.36. The van der Waals surface area contributed by atoms with Crippen molar-refractivity contribution in [2.75, 3.05) is 21.3 Å². The Balaban J connectivity index is 0.00000312. The highest BCUT2D eigenvalue weighted by atomic mass is 127. The number of ether oxygens (including phenoxy) is 2. The molecule has 6 heteroatoms. The highest BCUT2D eigenvalue weighted by Crippen LogP contribution is 2.30. The van der Waals surface area contributed by atoms with Crippen LogP contribution in [0.15, 0.2) is 47.5 Å². The fourth-order valence-electron chi connectivity index (χ4n) is 2.50. The second-order valence-electron chi connectivity index (χ2n) is 5.42. The number of hydrogen-bond acceptors (Lipinski definition) is 3. The molecule has 5 nitrogen and oxygen atoms in total. The summed E-state index contributed by atoms with van der Waals surface area (Å²) < 4.78 is 10.8. The molecular formula is C19H26IN3O2. The van der Waals surface area contributed by atoms with Crippen LogP contribution < -0.4 is 20.1 Å². The lowest BCUT2D eigenvalue weighted by molar-refractivity contribution is 0.351. The van der Waals surface area contributed by atoms with Gasteiger partial charge >= 0.3 is 0 Å². The summed E-state index contributed by atoms with van der Waals surface area (Å²) in [4.78, 5) is 4.26. The fraction of sp³-hybridized carbons (Fsp3) is 0.316. The third kappa shape index (κ3) is 6.12. The van der Waals surface area contributed by atoms with Gasteiger partial charge in [-0.1, -0.05) is 42.0 Å². The molecule has 0 aliphatic carbocycles. The number of nitrogens with one attached hydrogen (secondary N) is 2. The van der Waals surface area contributed by atoms with E-state index >= 15 is 0 Å². The smallest absolute Gasteiger partial charge is 0.191 e. The summed E-state index contributed by atoms with van der Waals surface area (Å²) in [6.45, 7) is 3.40. The molecule has 2 N–H and O–H groups in total. The van der Waals surface area contributed by atoms with Gasteiger partial charge in [0.05, 0.1) is 14.2 Å². The van der Waals surface area contributed by atoms with E-state index in [9.17, 15) is 0 Å². The van der Waals surface area contributed by atoms with Gasteiger partial charge < -0.3 is 20.1 Å². The zero-order valence-electron chi connectivity index (χ0n) is 15.1. The van der Waals surface area contributed by atoms with E-state index in [1.165, 1.54) is 11.1 Å². The summed E-state index contributed by atoms with van der Waals surface area (Å²) in [5, 5.41) is 6.62. The van der Waals surface area contributed by atoms with Crippen LogP contribution in [0, 0.1) is 6.92 Å². The molecule has 0 amide bonds. The van der Waals surface area contributed by atoms with E-state index < -0.39 is 0 Å². The Kier molecular flexibility index (Phi) is 9.12. The van der Waals surface area contributed by atoms with Crippen molar-refractivity contribution in [3.8, 4) is 11.5 Å². The van der Waals surface area contributed by atoms with E-state index in [1.54, 1.807) is 21.3 Å². The molecule has 0 heterocycles. The molecule has 0 atom stereocenters. The molecule has 0 aliphatic rings. The number of para-hydroxylation sites is 1. The lowest BCUT2D eigenvalue weighted by Gasteiger charge is -2.15. The maximum absolute atomic E-state index is 5.45. The largest absolute Gasteiger partial charge is 0.493 e. The van der Waals surface area contributed by atoms with Gasteiger partial charge in [-0.25, -0.2) is 0 Å². The summed E-state index contributed by atoms with van der Waals surface area (Å²) in [7, 11) is 5.04. The maximum Gasteiger partial charge on any atom is 0.191 e. The molecule has 0 saturated carbocycles. The summed E-state index contributed by atoms with van der Waals surface area (Å²) in [6, 6.07) is 14.2. The van der Waals surface area contributed by atoms with Crippen LogP contribution in [0.4, 0.5) is 0 Å². The van der Waals surface area contributed by atoms with Crippen LogP contribution >= 0.6 is 24.0 Å². The van der Waals surface area contributed by atoms with Crippen molar-refractivity contribution in [2.45, 2.75) is 20.0 Å². The first-order valence-electron chi connectivity index (χ1n) is 7.88. The van der Waals surface area contributed by atoms with Crippen LogP contribution in [0.1, 0.15) is 16.7 Å². The van der Waals surface area contributed by atoms with Gasteiger partial charge in [-0.15, -0.1) is 24.0 Å². The Morgan fingerprint density at radius 1 is 1.00 bits per heavy atom. The molecule has 0 bridgehead atoms. The SMILES string of the molecule is CN=C(NCc1cccc(C)c1)NCc1cccc(OC)c1OC.I. The topological polar surface area (TPSA) is 54.9 Å². The summed E-state index contributed by atoms with van der Waals surface area (Å²) >= 11 is 0. The molecule has 0 saturated heterocycles. The van der Waals surface area contributed by atoms with Gasteiger partial charge in [0.2, 0.25) is 0 Å². The van der Waals surface area contributed by atoms with E-state index in [1.807, 2.05) is 18.2 Å². The van der Waals surface area contributed by atoms with Crippen molar-refractivity contribution >= 4 is 29.9 Å². The standard InChI is InChI=1S/C19H25N3O2.HI/c1-14-7-5-8-15(11-14)12-21-19(20-2)22-13-16-9-6-10-17(23-3)18(16)24-4;/h5-11H,12-13H2,1-4H3,(H2,20,21,22);1H. The molecule has 0 radical (unpaired) electrons. The van der Waals surface area contributed by atoms with Crippen molar-refractivity contribution in [3.05, 3.63) is 59.2 Å². The minimum atomic E-state index is 0. The van der Waals surface area contributed by atoms with Crippen molar-refractivity contribution in [1.29, 1.82) is 0 Å². The molecule has 2 rings (SSSR count). The average molecular weight is 455 g/mol. The van der Waals surface area contributed by atoms with Crippen LogP contribution in [0.5, 0.6) is 11.5 Å². The van der Waals surface area contributed by atoms with Crippen molar-refractivity contribution in [2.24, 2.45) is 4.99 Å². The predicted molar refractivity (Wildman–Crippen MR) is 113 cm³/mol. The highest BCUT2D eigenvalue weighted by Gasteiger charge is 2.09. The number of methoxy groups -OCH3 is 2. The van der Waals surface area contributed by atoms with E-state index in [0.717, 1.165) is 29.6 Å². The molecule has 0 fully saturated rings. The Morgan fingerprint density at radius 3 is 2.36 bits per heavy atom. The van der Waals surface area contributed by atoms with Crippen molar-refractivity contribution in [1.82, 2.24) is 10.6 Å². The van der Waals surface area contributed by atoms with E-state index in [-0.39, 0.29) is 24.0 Å². The number of hydrogen-bond donors (Lipinski definition) is 2. The van der Waals surface area contributed by atoms with E-state index in [4.69, 9.17) is 9.47 Å². The first kappa shape index (κ1) is 21.1. The normalized spacial score (nSPS) is 10.6. The molecule has 0 unspecified atom stereocenters. The zero-order valence-corrected chi connectivity index (χ0v) is 17.5. The van der Waals surface area contributed by atoms with Crippen LogP contribution in [0.3, 0.4) is 0 Å². The maximum atomic E-state index is 5.45.